The first kappa shape index (κ1) is 21.6. The van der Waals surface area contributed by atoms with Crippen molar-refractivity contribution < 1.29 is 29.0 Å². The van der Waals surface area contributed by atoms with Crippen molar-refractivity contribution in [3.8, 4) is 0 Å². The Balaban J connectivity index is 0.000000754. The number of hydrogen-bond acceptors (Lipinski definition) is 6. The number of furan rings is 1. The van der Waals surface area contributed by atoms with E-state index in [1.807, 2.05) is 33.2 Å². The number of nitrogens with zero attached hydrogens (tertiary/aromatic N) is 1. The summed E-state index contributed by atoms with van der Waals surface area (Å²) in [6.07, 6.45) is 2.63. The molecule has 0 aliphatic carbocycles. The summed E-state index contributed by atoms with van der Waals surface area (Å²) in [5, 5.41) is 20.8. The minimum atomic E-state index is -1.82. The zero-order valence-electron chi connectivity index (χ0n) is 14.1. The molecular weight excluding hydrogens is 318 g/mol. The van der Waals surface area contributed by atoms with Gasteiger partial charge in [0.15, 0.2) is 0 Å². The Morgan fingerprint density at radius 3 is 2.33 bits per heavy atom. The van der Waals surface area contributed by atoms with Gasteiger partial charge >= 0.3 is 11.9 Å². The van der Waals surface area contributed by atoms with Crippen LogP contribution in [0.1, 0.15) is 19.1 Å². The second kappa shape index (κ2) is 12.1. The highest BCUT2D eigenvalue weighted by molar-refractivity contribution is 6.27. The van der Waals surface area contributed by atoms with E-state index in [1.54, 1.807) is 6.26 Å². The summed E-state index contributed by atoms with van der Waals surface area (Å²) >= 11 is 0. The van der Waals surface area contributed by atoms with Crippen LogP contribution < -0.4 is 10.6 Å². The molecule has 136 valence electrons. The maximum absolute atomic E-state index is 11.7. The van der Waals surface area contributed by atoms with Crippen LogP contribution in [-0.4, -0.2) is 66.2 Å². The number of aliphatic carboxylic acids is 2. The fourth-order valence-electron chi connectivity index (χ4n) is 1.55. The van der Waals surface area contributed by atoms with Crippen LogP contribution in [0, 0.1) is 0 Å². The number of amides is 1. The van der Waals surface area contributed by atoms with Crippen molar-refractivity contribution in [1.29, 1.82) is 0 Å². The standard InChI is InChI=1S/C13H23N3O2.C2H2O4/c1-11(14-7-5-8-16(2)3)13(17)15-10-12-6-4-9-18-12;3-1(4)2(5)6/h4,6,9,11,14H,5,7-8,10H2,1-3H3,(H,15,17);(H,3,4)(H,5,6). The first-order valence-electron chi connectivity index (χ1n) is 7.38. The summed E-state index contributed by atoms with van der Waals surface area (Å²) < 4.78 is 5.15. The predicted octanol–water partition coefficient (Wildman–Crippen LogP) is -0.0188. The summed E-state index contributed by atoms with van der Waals surface area (Å²) in [6, 6.07) is 3.47. The van der Waals surface area contributed by atoms with Crippen LogP contribution in [0.25, 0.3) is 0 Å². The molecule has 24 heavy (non-hydrogen) atoms. The Morgan fingerprint density at radius 2 is 1.88 bits per heavy atom. The van der Waals surface area contributed by atoms with Gasteiger partial charge in [-0.1, -0.05) is 0 Å². The number of carbonyl (C=O) groups is 3. The zero-order chi connectivity index (χ0) is 18.5. The van der Waals surface area contributed by atoms with Gasteiger partial charge in [0, 0.05) is 0 Å². The van der Waals surface area contributed by atoms with Gasteiger partial charge in [0.25, 0.3) is 0 Å². The summed E-state index contributed by atoms with van der Waals surface area (Å²) in [7, 11) is 4.08. The lowest BCUT2D eigenvalue weighted by Gasteiger charge is -2.14. The number of carboxylic acids is 2. The molecule has 1 amide bonds. The van der Waals surface area contributed by atoms with Gasteiger partial charge in [0.1, 0.15) is 5.76 Å². The fourth-order valence-corrected chi connectivity index (χ4v) is 1.55. The second-order valence-electron chi connectivity index (χ2n) is 5.24. The number of nitrogens with one attached hydrogen (secondary N) is 2. The predicted molar refractivity (Wildman–Crippen MR) is 86.5 cm³/mol. The van der Waals surface area contributed by atoms with Crippen molar-refractivity contribution in [3.05, 3.63) is 24.2 Å². The smallest absolute Gasteiger partial charge is 0.414 e. The van der Waals surface area contributed by atoms with Crippen LogP contribution in [-0.2, 0) is 20.9 Å². The topological polar surface area (TPSA) is 132 Å². The van der Waals surface area contributed by atoms with Crippen molar-refractivity contribution in [2.75, 3.05) is 27.2 Å². The molecule has 0 bridgehead atoms. The molecule has 0 aliphatic heterocycles. The normalized spacial score (nSPS) is 11.3. The fraction of sp³-hybridized carbons (Fsp3) is 0.533. The highest BCUT2D eigenvalue weighted by Crippen LogP contribution is 1.98. The third kappa shape index (κ3) is 11.2. The minimum absolute atomic E-state index is 0.00347. The molecule has 1 aromatic rings. The average Bonchev–Trinajstić information content (AvgIpc) is 3.02. The SMILES string of the molecule is CC(NCCCN(C)C)C(=O)NCc1ccco1.O=C(O)C(=O)O. The van der Waals surface area contributed by atoms with Crippen LogP contribution in [0.3, 0.4) is 0 Å². The molecule has 4 N–H and O–H groups in total. The van der Waals surface area contributed by atoms with Crippen molar-refractivity contribution in [3.63, 3.8) is 0 Å². The zero-order valence-corrected chi connectivity index (χ0v) is 14.1. The molecule has 0 saturated carbocycles. The third-order valence-electron chi connectivity index (χ3n) is 2.83. The van der Waals surface area contributed by atoms with E-state index in [-0.39, 0.29) is 11.9 Å². The van der Waals surface area contributed by atoms with Crippen molar-refractivity contribution in [1.82, 2.24) is 15.5 Å². The van der Waals surface area contributed by atoms with E-state index in [2.05, 4.69) is 15.5 Å². The van der Waals surface area contributed by atoms with Gasteiger partial charge in [-0.25, -0.2) is 9.59 Å². The number of carboxylic acid groups (broad SMARTS) is 2. The van der Waals surface area contributed by atoms with Crippen molar-refractivity contribution >= 4 is 17.8 Å². The Kier molecular flexibility index (Phi) is 10.9. The van der Waals surface area contributed by atoms with Crippen molar-refractivity contribution in [2.24, 2.45) is 0 Å². The van der Waals surface area contributed by atoms with Gasteiger partial charge in [-0.15, -0.1) is 0 Å². The first-order chi connectivity index (χ1) is 11.2. The van der Waals surface area contributed by atoms with E-state index in [0.29, 0.717) is 6.54 Å². The van der Waals surface area contributed by atoms with E-state index in [9.17, 15) is 4.79 Å². The number of hydrogen-bond donors (Lipinski definition) is 4. The quantitative estimate of drug-likeness (QED) is 0.382. The molecular formula is C15H25N3O6. The molecule has 9 nitrogen and oxygen atoms in total. The molecule has 0 aromatic carbocycles. The molecule has 0 spiro atoms. The summed E-state index contributed by atoms with van der Waals surface area (Å²) in [6.45, 7) is 4.17. The monoisotopic (exact) mass is 343 g/mol. The number of rotatable bonds is 8. The van der Waals surface area contributed by atoms with Gasteiger partial charge in [-0.05, 0) is 52.7 Å². The Morgan fingerprint density at radius 1 is 1.25 bits per heavy atom. The summed E-state index contributed by atoms with van der Waals surface area (Å²) in [4.78, 5) is 32.1. The van der Waals surface area contributed by atoms with Gasteiger partial charge in [0.2, 0.25) is 5.91 Å². The van der Waals surface area contributed by atoms with E-state index in [4.69, 9.17) is 24.2 Å². The van der Waals surface area contributed by atoms with E-state index < -0.39 is 11.9 Å². The van der Waals surface area contributed by atoms with Gasteiger partial charge in [0.05, 0.1) is 18.8 Å². The molecule has 1 atom stereocenters. The maximum atomic E-state index is 11.7. The summed E-state index contributed by atoms with van der Waals surface area (Å²) in [5.41, 5.74) is 0. The van der Waals surface area contributed by atoms with Gasteiger partial charge in [-0.2, -0.15) is 0 Å². The van der Waals surface area contributed by atoms with E-state index in [1.165, 1.54) is 0 Å². The van der Waals surface area contributed by atoms with Crippen LogP contribution in [0.15, 0.2) is 22.8 Å². The number of carbonyl (C=O) groups excluding carboxylic acids is 1. The lowest BCUT2D eigenvalue weighted by molar-refractivity contribution is -0.159. The van der Waals surface area contributed by atoms with E-state index in [0.717, 1.165) is 25.3 Å². The van der Waals surface area contributed by atoms with Crippen LogP contribution >= 0.6 is 0 Å². The molecule has 0 fully saturated rings. The Bertz CT molecular complexity index is 489. The van der Waals surface area contributed by atoms with E-state index >= 15 is 0 Å². The lowest BCUT2D eigenvalue weighted by Crippen LogP contribution is -2.42. The summed E-state index contributed by atoms with van der Waals surface area (Å²) in [5.74, 6) is -2.88. The van der Waals surface area contributed by atoms with Crippen LogP contribution in [0.2, 0.25) is 0 Å². The third-order valence-corrected chi connectivity index (χ3v) is 2.83. The maximum Gasteiger partial charge on any atom is 0.414 e. The highest BCUT2D eigenvalue weighted by atomic mass is 16.4. The molecule has 0 aliphatic rings. The van der Waals surface area contributed by atoms with Crippen LogP contribution in [0.4, 0.5) is 0 Å². The first-order valence-corrected chi connectivity index (χ1v) is 7.38. The highest BCUT2D eigenvalue weighted by Gasteiger charge is 2.11. The van der Waals surface area contributed by atoms with Crippen LogP contribution in [0.5, 0.6) is 0 Å². The second-order valence-corrected chi connectivity index (χ2v) is 5.24. The minimum Gasteiger partial charge on any atom is -0.473 e. The molecule has 1 heterocycles. The largest absolute Gasteiger partial charge is 0.473 e. The van der Waals surface area contributed by atoms with Crippen molar-refractivity contribution in [2.45, 2.75) is 25.9 Å². The average molecular weight is 343 g/mol. The molecule has 1 rings (SSSR count). The Hall–Kier alpha value is -2.39. The molecule has 9 heteroatoms. The Labute approximate surface area is 140 Å². The lowest BCUT2D eigenvalue weighted by atomic mass is 10.3. The van der Waals surface area contributed by atoms with Gasteiger partial charge in [-0.3, -0.25) is 4.79 Å². The molecule has 0 radical (unpaired) electrons. The molecule has 0 saturated heterocycles. The van der Waals surface area contributed by atoms with Gasteiger partial charge < -0.3 is 30.2 Å². The molecule has 1 unspecified atom stereocenters. The molecule has 1 aromatic heterocycles.